The predicted octanol–water partition coefficient (Wildman–Crippen LogP) is 0.849. The van der Waals surface area contributed by atoms with Gasteiger partial charge < -0.3 is 15.4 Å². The van der Waals surface area contributed by atoms with Crippen molar-refractivity contribution in [2.24, 2.45) is 11.8 Å². The Bertz CT molecular complexity index is 311. The molecule has 2 aliphatic rings. The molecule has 1 amide bonds. The smallest absolute Gasteiger partial charge is 0.224 e. The molecule has 0 spiro atoms. The minimum atomic E-state index is 0.156. The van der Waals surface area contributed by atoms with E-state index in [0.717, 1.165) is 65.2 Å². The van der Waals surface area contributed by atoms with Gasteiger partial charge in [0.15, 0.2) is 0 Å². The maximum atomic E-state index is 12.3. The first kappa shape index (κ1) is 16.7. The zero-order valence-corrected chi connectivity index (χ0v) is 13.6. The van der Waals surface area contributed by atoms with Crippen molar-refractivity contribution < 1.29 is 9.53 Å². The summed E-state index contributed by atoms with van der Waals surface area (Å²) in [5, 5.41) is 6.50. The first-order valence-electron chi connectivity index (χ1n) is 8.47. The summed E-state index contributed by atoms with van der Waals surface area (Å²) in [6, 6.07) is 0.439. The molecule has 0 bridgehead atoms. The fourth-order valence-corrected chi connectivity index (χ4v) is 3.29. The highest BCUT2D eigenvalue weighted by molar-refractivity contribution is 5.79. The van der Waals surface area contributed by atoms with E-state index in [1.54, 1.807) is 0 Å². The second-order valence-electron chi connectivity index (χ2n) is 6.72. The highest BCUT2D eigenvalue weighted by Gasteiger charge is 2.25. The van der Waals surface area contributed by atoms with Crippen molar-refractivity contribution in [2.45, 2.75) is 39.2 Å². The minimum absolute atomic E-state index is 0.156. The highest BCUT2D eigenvalue weighted by atomic mass is 16.5. The predicted molar refractivity (Wildman–Crippen MR) is 84.2 cm³/mol. The van der Waals surface area contributed by atoms with Crippen LogP contribution in [0.5, 0.6) is 0 Å². The number of carbonyl (C=O) groups excluding carboxylic acids is 1. The van der Waals surface area contributed by atoms with Gasteiger partial charge in [0.05, 0.1) is 19.1 Å². The van der Waals surface area contributed by atoms with Gasteiger partial charge in [-0.25, -0.2) is 0 Å². The van der Waals surface area contributed by atoms with Crippen LogP contribution in [-0.2, 0) is 9.53 Å². The molecule has 122 valence electrons. The third-order valence-corrected chi connectivity index (χ3v) is 4.49. The summed E-state index contributed by atoms with van der Waals surface area (Å²) in [5.74, 6) is 1.03. The number of rotatable bonds is 6. The normalized spacial score (nSPS) is 25.8. The van der Waals surface area contributed by atoms with Gasteiger partial charge in [-0.1, -0.05) is 13.8 Å². The average Bonchev–Trinajstić information content (AvgIpc) is 2.52. The molecule has 2 rings (SSSR count). The number of hydrogen-bond donors (Lipinski definition) is 2. The average molecular weight is 297 g/mol. The monoisotopic (exact) mass is 297 g/mol. The lowest BCUT2D eigenvalue weighted by Crippen LogP contribution is -2.50. The standard InChI is InChI=1S/C16H31N3O2/c1-13(2)10-15(19-6-8-21-9-7-19)12-18-16(20)14-4-3-5-17-11-14/h13-15,17H,3-12H2,1-2H3,(H,18,20). The number of hydrogen-bond acceptors (Lipinski definition) is 4. The van der Waals surface area contributed by atoms with Crippen LogP contribution in [0.1, 0.15) is 33.1 Å². The number of nitrogens with one attached hydrogen (secondary N) is 2. The Hall–Kier alpha value is -0.650. The molecular formula is C16H31N3O2. The summed E-state index contributed by atoms with van der Waals surface area (Å²) in [4.78, 5) is 14.8. The quantitative estimate of drug-likeness (QED) is 0.763. The number of amides is 1. The maximum Gasteiger partial charge on any atom is 0.224 e. The third kappa shape index (κ3) is 5.57. The molecule has 2 unspecified atom stereocenters. The van der Waals surface area contributed by atoms with Crippen LogP contribution in [0.25, 0.3) is 0 Å². The lowest BCUT2D eigenvalue weighted by atomic mass is 9.98. The summed E-state index contributed by atoms with van der Waals surface area (Å²) >= 11 is 0. The minimum Gasteiger partial charge on any atom is -0.379 e. The molecule has 0 aromatic heterocycles. The van der Waals surface area contributed by atoms with Crippen molar-refractivity contribution in [3.05, 3.63) is 0 Å². The van der Waals surface area contributed by atoms with E-state index in [0.29, 0.717) is 12.0 Å². The van der Waals surface area contributed by atoms with Crippen LogP contribution >= 0.6 is 0 Å². The summed E-state index contributed by atoms with van der Waals surface area (Å²) in [5.41, 5.74) is 0. The lowest BCUT2D eigenvalue weighted by Gasteiger charge is -2.36. The van der Waals surface area contributed by atoms with Gasteiger partial charge in [-0.05, 0) is 31.7 Å². The molecule has 0 aromatic rings. The van der Waals surface area contributed by atoms with Crippen LogP contribution in [0, 0.1) is 11.8 Å². The Morgan fingerprint density at radius 3 is 2.76 bits per heavy atom. The van der Waals surface area contributed by atoms with Gasteiger partial charge in [0.2, 0.25) is 5.91 Å². The van der Waals surface area contributed by atoms with E-state index in [1.165, 1.54) is 0 Å². The molecule has 2 atom stereocenters. The van der Waals surface area contributed by atoms with Crippen LogP contribution < -0.4 is 10.6 Å². The lowest BCUT2D eigenvalue weighted by molar-refractivity contribution is -0.125. The Labute approximate surface area is 128 Å². The SMILES string of the molecule is CC(C)CC(CNC(=O)C1CCCNC1)N1CCOCC1. The van der Waals surface area contributed by atoms with Gasteiger partial charge in [-0.15, -0.1) is 0 Å². The highest BCUT2D eigenvalue weighted by Crippen LogP contribution is 2.14. The molecule has 0 aromatic carbocycles. The first-order valence-corrected chi connectivity index (χ1v) is 8.47. The molecule has 2 fully saturated rings. The van der Waals surface area contributed by atoms with E-state index >= 15 is 0 Å². The van der Waals surface area contributed by atoms with Crippen molar-refractivity contribution >= 4 is 5.91 Å². The van der Waals surface area contributed by atoms with Crippen molar-refractivity contribution in [3.8, 4) is 0 Å². The van der Waals surface area contributed by atoms with Gasteiger partial charge in [0.25, 0.3) is 0 Å². The second kappa shape index (κ2) is 8.71. The summed E-state index contributed by atoms with van der Waals surface area (Å²) < 4.78 is 5.44. The van der Waals surface area contributed by atoms with Gasteiger partial charge in [-0.2, -0.15) is 0 Å². The topological polar surface area (TPSA) is 53.6 Å². The summed E-state index contributed by atoms with van der Waals surface area (Å²) in [6.07, 6.45) is 3.26. The molecule has 0 radical (unpaired) electrons. The van der Waals surface area contributed by atoms with Crippen molar-refractivity contribution in [1.29, 1.82) is 0 Å². The largest absolute Gasteiger partial charge is 0.379 e. The summed E-state index contributed by atoms with van der Waals surface area (Å²) in [6.45, 7) is 10.8. The first-order chi connectivity index (χ1) is 10.2. The Morgan fingerprint density at radius 1 is 1.38 bits per heavy atom. The van der Waals surface area contributed by atoms with Gasteiger partial charge >= 0.3 is 0 Å². The zero-order valence-electron chi connectivity index (χ0n) is 13.6. The molecule has 5 nitrogen and oxygen atoms in total. The van der Waals surface area contributed by atoms with Crippen LogP contribution in [0.15, 0.2) is 0 Å². The zero-order chi connectivity index (χ0) is 15.1. The van der Waals surface area contributed by atoms with Crippen molar-refractivity contribution in [2.75, 3.05) is 45.9 Å². The van der Waals surface area contributed by atoms with E-state index in [-0.39, 0.29) is 11.8 Å². The van der Waals surface area contributed by atoms with Crippen LogP contribution in [0.2, 0.25) is 0 Å². The van der Waals surface area contributed by atoms with Crippen molar-refractivity contribution in [3.63, 3.8) is 0 Å². The van der Waals surface area contributed by atoms with E-state index < -0.39 is 0 Å². The number of ether oxygens (including phenoxy) is 1. The van der Waals surface area contributed by atoms with Crippen molar-refractivity contribution in [1.82, 2.24) is 15.5 Å². The molecule has 2 N–H and O–H groups in total. The summed E-state index contributed by atoms with van der Waals surface area (Å²) in [7, 11) is 0. The Balaban J connectivity index is 1.81. The number of carbonyl (C=O) groups is 1. The molecule has 0 aliphatic carbocycles. The van der Waals surface area contributed by atoms with Crippen LogP contribution in [0.4, 0.5) is 0 Å². The van der Waals surface area contributed by atoms with E-state index in [4.69, 9.17) is 4.74 Å². The molecule has 5 heteroatoms. The molecule has 21 heavy (non-hydrogen) atoms. The molecule has 2 saturated heterocycles. The van der Waals surface area contributed by atoms with Gasteiger partial charge in [0, 0.05) is 32.2 Å². The number of nitrogens with zero attached hydrogens (tertiary/aromatic N) is 1. The maximum absolute atomic E-state index is 12.3. The van der Waals surface area contributed by atoms with E-state index in [2.05, 4.69) is 29.4 Å². The fraction of sp³-hybridized carbons (Fsp3) is 0.938. The molecule has 2 heterocycles. The van der Waals surface area contributed by atoms with Crippen LogP contribution in [-0.4, -0.2) is 62.8 Å². The van der Waals surface area contributed by atoms with E-state index in [1.807, 2.05) is 0 Å². The number of piperidine rings is 1. The Kier molecular flexibility index (Phi) is 6.93. The molecule has 2 aliphatic heterocycles. The number of morpholine rings is 1. The molecular weight excluding hydrogens is 266 g/mol. The van der Waals surface area contributed by atoms with Crippen LogP contribution in [0.3, 0.4) is 0 Å². The Morgan fingerprint density at radius 2 is 2.14 bits per heavy atom. The second-order valence-corrected chi connectivity index (χ2v) is 6.72. The fourth-order valence-electron chi connectivity index (χ4n) is 3.29. The van der Waals surface area contributed by atoms with E-state index in [9.17, 15) is 4.79 Å². The van der Waals surface area contributed by atoms with Gasteiger partial charge in [0.1, 0.15) is 0 Å². The third-order valence-electron chi connectivity index (χ3n) is 4.49. The molecule has 0 saturated carbocycles. The van der Waals surface area contributed by atoms with Gasteiger partial charge in [-0.3, -0.25) is 9.69 Å².